The number of amides is 1. The molecule has 29 heavy (non-hydrogen) atoms. The second kappa shape index (κ2) is 8.45. The zero-order valence-electron chi connectivity index (χ0n) is 16.3. The summed E-state index contributed by atoms with van der Waals surface area (Å²) in [4.78, 5) is 33.6. The van der Waals surface area contributed by atoms with E-state index in [0.717, 1.165) is 19.4 Å². The zero-order valence-corrected chi connectivity index (χ0v) is 16.3. The second-order valence-corrected chi connectivity index (χ2v) is 7.16. The van der Waals surface area contributed by atoms with E-state index >= 15 is 0 Å². The monoisotopic (exact) mass is 393 g/mol. The molecule has 1 aromatic heterocycles. The van der Waals surface area contributed by atoms with Crippen LogP contribution in [0.5, 0.6) is 5.75 Å². The third-order valence-electron chi connectivity index (χ3n) is 4.96. The largest absolute Gasteiger partial charge is 0.491 e. The molecular weight excluding hydrogens is 370 g/mol. The zero-order chi connectivity index (χ0) is 20.2. The van der Waals surface area contributed by atoms with Crippen LogP contribution in [0.1, 0.15) is 29.0 Å². The number of fused-ring (bicyclic) bond motifs is 1. The van der Waals surface area contributed by atoms with Crippen LogP contribution in [0, 0.1) is 0 Å². The minimum atomic E-state index is -0.209. The molecule has 0 bridgehead atoms. The number of carbonyl (C=O) groups excluding carboxylic acids is 1. The van der Waals surface area contributed by atoms with Gasteiger partial charge in [-0.05, 0) is 49.2 Å². The number of benzene rings is 2. The van der Waals surface area contributed by atoms with Crippen LogP contribution >= 0.6 is 0 Å². The Labute approximate surface area is 168 Å². The van der Waals surface area contributed by atoms with Crippen molar-refractivity contribution in [2.75, 3.05) is 20.3 Å². The number of aromatic nitrogens is 2. The average molecular weight is 393 g/mol. The molecule has 3 aromatic rings. The number of nitrogens with one attached hydrogen (secondary N) is 1. The molecule has 0 radical (unpaired) electrons. The van der Waals surface area contributed by atoms with Gasteiger partial charge in [-0.1, -0.05) is 12.1 Å². The lowest BCUT2D eigenvalue weighted by Crippen LogP contribution is -2.28. The fraction of sp³-hybridized carbons (Fsp3) is 0.318. The number of para-hydroxylation sites is 1. The molecule has 7 nitrogen and oxygen atoms in total. The number of rotatable bonds is 6. The van der Waals surface area contributed by atoms with E-state index in [1.54, 1.807) is 49.5 Å². The van der Waals surface area contributed by atoms with E-state index in [0.29, 0.717) is 34.6 Å². The maximum absolute atomic E-state index is 12.7. The molecule has 150 valence electrons. The molecule has 0 aliphatic carbocycles. The molecule has 1 amide bonds. The van der Waals surface area contributed by atoms with Crippen molar-refractivity contribution in [2.45, 2.75) is 25.5 Å². The maximum atomic E-state index is 12.7. The summed E-state index contributed by atoms with van der Waals surface area (Å²) < 4.78 is 11.3. The third kappa shape index (κ3) is 4.46. The number of hydrogen-bond acceptors (Lipinski definition) is 5. The molecule has 0 spiro atoms. The van der Waals surface area contributed by atoms with E-state index in [1.165, 1.54) is 4.90 Å². The molecule has 2 aromatic carbocycles. The summed E-state index contributed by atoms with van der Waals surface area (Å²) in [5.41, 5.74) is 0.944. The van der Waals surface area contributed by atoms with Crippen LogP contribution in [0.2, 0.25) is 0 Å². The lowest BCUT2D eigenvalue weighted by Gasteiger charge is -2.17. The van der Waals surface area contributed by atoms with Crippen LogP contribution in [-0.4, -0.2) is 47.1 Å². The molecule has 0 unspecified atom stereocenters. The smallest absolute Gasteiger partial charge is 0.258 e. The minimum absolute atomic E-state index is 0.152. The topological polar surface area (TPSA) is 84.5 Å². The Morgan fingerprint density at radius 1 is 1.24 bits per heavy atom. The number of aromatic amines is 1. The van der Waals surface area contributed by atoms with Crippen molar-refractivity contribution >= 4 is 16.8 Å². The van der Waals surface area contributed by atoms with Gasteiger partial charge in [-0.3, -0.25) is 9.59 Å². The fourth-order valence-electron chi connectivity index (χ4n) is 3.39. The van der Waals surface area contributed by atoms with Gasteiger partial charge >= 0.3 is 0 Å². The van der Waals surface area contributed by atoms with Crippen LogP contribution in [0.25, 0.3) is 10.9 Å². The van der Waals surface area contributed by atoms with Crippen LogP contribution in [0.15, 0.2) is 53.3 Å². The highest BCUT2D eigenvalue weighted by atomic mass is 16.5. The predicted molar refractivity (Wildman–Crippen MR) is 109 cm³/mol. The first-order chi connectivity index (χ1) is 14.1. The minimum Gasteiger partial charge on any atom is -0.491 e. The van der Waals surface area contributed by atoms with E-state index in [2.05, 4.69) is 9.97 Å². The Kier molecular flexibility index (Phi) is 5.57. The Hall–Kier alpha value is -3.19. The Bertz CT molecular complexity index is 1060. The molecule has 1 fully saturated rings. The fourth-order valence-corrected chi connectivity index (χ4v) is 3.39. The van der Waals surface area contributed by atoms with Crippen molar-refractivity contribution in [2.24, 2.45) is 0 Å². The van der Waals surface area contributed by atoms with Crippen molar-refractivity contribution in [3.05, 3.63) is 70.3 Å². The lowest BCUT2D eigenvalue weighted by molar-refractivity contribution is 0.0679. The summed E-state index contributed by atoms with van der Waals surface area (Å²) in [6, 6.07) is 14.2. The van der Waals surface area contributed by atoms with Gasteiger partial charge in [0.2, 0.25) is 0 Å². The Morgan fingerprint density at radius 2 is 2.03 bits per heavy atom. The predicted octanol–water partition coefficient (Wildman–Crippen LogP) is 2.75. The molecule has 1 aliphatic heterocycles. The number of hydrogen-bond donors (Lipinski definition) is 1. The summed E-state index contributed by atoms with van der Waals surface area (Å²) in [5.74, 6) is 0.993. The summed E-state index contributed by atoms with van der Waals surface area (Å²) >= 11 is 0. The lowest BCUT2D eigenvalue weighted by atomic mass is 10.2. The quantitative estimate of drug-likeness (QED) is 0.696. The molecule has 2 heterocycles. The highest BCUT2D eigenvalue weighted by Crippen LogP contribution is 2.17. The first kappa shape index (κ1) is 19.1. The molecular formula is C22H23N3O4. The highest BCUT2D eigenvalue weighted by molar-refractivity contribution is 5.94. The summed E-state index contributed by atoms with van der Waals surface area (Å²) in [6.45, 7) is 1.52. The molecule has 0 saturated carbocycles. The van der Waals surface area contributed by atoms with E-state index < -0.39 is 0 Å². The Balaban J connectivity index is 1.40. The van der Waals surface area contributed by atoms with Crippen molar-refractivity contribution in [1.82, 2.24) is 14.9 Å². The summed E-state index contributed by atoms with van der Waals surface area (Å²) in [7, 11) is 1.68. The van der Waals surface area contributed by atoms with E-state index in [9.17, 15) is 9.59 Å². The van der Waals surface area contributed by atoms with Crippen molar-refractivity contribution in [3.8, 4) is 5.75 Å². The number of ether oxygens (including phenoxy) is 2. The summed E-state index contributed by atoms with van der Waals surface area (Å²) in [6.07, 6.45) is 2.25. The second-order valence-electron chi connectivity index (χ2n) is 7.16. The average Bonchev–Trinajstić information content (AvgIpc) is 3.26. The molecule has 1 N–H and O–H groups in total. The first-order valence-electron chi connectivity index (χ1n) is 9.68. The van der Waals surface area contributed by atoms with Gasteiger partial charge in [0.15, 0.2) is 0 Å². The van der Waals surface area contributed by atoms with E-state index in [-0.39, 0.29) is 24.1 Å². The van der Waals surface area contributed by atoms with Crippen LogP contribution in [0.3, 0.4) is 0 Å². The number of carbonyl (C=O) groups is 1. The highest BCUT2D eigenvalue weighted by Gasteiger charge is 2.17. The maximum Gasteiger partial charge on any atom is 0.258 e. The van der Waals surface area contributed by atoms with Crippen LogP contribution in [0.4, 0.5) is 0 Å². The number of H-pyrrole nitrogens is 1. The normalized spacial score (nSPS) is 16.1. The SMILES string of the molecule is CN(Cc1nc2ccccc2c(=O)[nH]1)C(=O)c1ccc(OC[C@H]2CCCO2)cc1. The van der Waals surface area contributed by atoms with Crippen molar-refractivity contribution < 1.29 is 14.3 Å². The molecule has 1 aliphatic rings. The molecule has 1 saturated heterocycles. The van der Waals surface area contributed by atoms with Gasteiger partial charge in [0.05, 0.1) is 23.6 Å². The van der Waals surface area contributed by atoms with Gasteiger partial charge in [-0.15, -0.1) is 0 Å². The Morgan fingerprint density at radius 3 is 2.79 bits per heavy atom. The van der Waals surface area contributed by atoms with Gasteiger partial charge in [-0.25, -0.2) is 4.98 Å². The molecule has 4 rings (SSSR count). The first-order valence-corrected chi connectivity index (χ1v) is 9.68. The third-order valence-corrected chi connectivity index (χ3v) is 4.96. The molecule has 1 atom stereocenters. The van der Waals surface area contributed by atoms with Gasteiger partial charge in [-0.2, -0.15) is 0 Å². The van der Waals surface area contributed by atoms with Gasteiger partial charge in [0.25, 0.3) is 11.5 Å². The van der Waals surface area contributed by atoms with Gasteiger partial charge in [0, 0.05) is 19.2 Å². The van der Waals surface area contributed by atoms with Crippen molar-refractivity contribution in [1.29, 1.82) is 0 Å². The van der Waals surface area contributed by atoms with E-state index in [4.69, 9.17) is 9.47 Å². The van der Waals surface area contributed by atoms with E-state index in [1.807, 2.05) is 6.07 Å². The van der Waals surface area contributed by atoms with Gasteiger partial charge in [0.1, 0.15) is 18.2 Å². The standard InChI is InChI=1S/C22H23N3O4/c1-25(13-20-23-19-7-3-2-6-18(19)21(26)24-20)22(27)15-8-10-16(11-9-15)29-14-17-5-4-12-28-17/h2-3,6-11,17H,4-5,12-14H2,1H3,(H,23,24,26)/t17-/m1/s1. The summed E-state index contributed by atoms with van der Waals surface area (Å²) in [5, 5.41) is 0.531. The number of nitrogens with zero attached hydrogens (tertiary/aromatic N) is 2. The van der Waals surface area contributed by atoms with Gasteiger partial charge < -0.3 is 19.4 Å². The van der Waals surface area contributed by atoms with Crippen LogP contribution < -0.4 is 10.3 Å². The van der Waals surface area contributed by atoms with Crippen molar-refractivity contribution in [3.63, 3.8) is 0 Å². The van der Waals surface area contributed by atoms with Crippen LogP contribution in [-0.2, 0) is 11.3 Å². The molecule has 7 heteroatoms.